The summed E-state index contributed by atoms with van der Waals surface area (Å²) < 4.78 is 1.55. The number of hydrogen-bond donors (Lipinski definition) is 0. The van der Waals surface area contributed by atoms with Crippen LogP contribution in [0.25, 0.3) is 0 Å². The highest BCUT2D eigenvalue weighted by Crippen LogP contribution is 1.87. The second-order valence-electron chi connectivity index (χ2n) is 2.40. The topological polar surface area (TPSA) is 0 Å². The van der Waals surface area contributed by atoms with Gasteiger partial charge in [-0.3, -0.25) is 0 Å². The summed E-state index contributed by atoms with van der Waals surface area (Å²) in [6.45, 7) is 2.25. The van der Waals surface area contributed by atoms with E-state index >= 15 is 0 Å². The fraction of sp³-hybridized carbons (Fsp3) is 0.333. The molecular formula is C9H12Al. The van der Waals surface area contributed by atoms with E-state index in [1.807, 2.05) is 0 Å². The molecule has 0 aliphatic rings. The Morgan fingerprint density at radius 3 is 2.50 bits per heavy atom. The third-order valence-electron chi connectivity index (χ3n) is 1.47. The molecule has 1 rings (SSSR count). The van der Waals surface area contributed by atoms with Crippen LogP contribution in [0.15, 0.2) is 30.3 Å². The Balaban J connectivity index is 2.43. The van der Waals surface area contributed by atoms with Gasteiger partial charge in [-0.2, -0.15) is 0 Å². The Hall–Kier alpha value is -0.248. The number of rotatable bonds is 3. The van der Waals surface area contributed by atoms with E-state index in [0.717, 1.165) is 0 Å². The maximum Gasteiger partial charge on any atom is 0.250 e. The molecule has 0 atom stereocenters. The first-order valence-electron chi connectivity index (χ1n) is 3.81. The van der Waals surface area contributed by atoms with Crippen LogP contribution in [0.1, 0.15) is 13.3 Å². The van der Waals surface area contributed by atoms with Crippen LogP contribution >= 0.6 is 0 Å². The van der Waals surface area contributed by atoms with Gasteiger partial charge in [0, 0.05) is 0 Å². The number of hydrogen-bond acceptors (Lipinski definition) is 0. The summed E-state index contributed by atoms with van der Waals surface area (Å²) in [5, 5.41) is 1.39. The third-order valence-corrected chi connectivity index (χ3v) is 3.19. The normalized spacial score (nSPS) is 9.30. The lowest BCUT2D eigenvalue weighted by Crippen LogP contribution is -2.11. The van der Waals surface area contributed by atoms with Gasteiger partial charge in [0.25, 0.3) is 0 Å². The molecule has 1 radical (unpaired) electrons. The van der Waals surface area contributed by atoms with Crippen molar-refractivity contribution in [1.82, 2.24) is 0 Å². The van der Waals surface area contributed by atoms with Gasteiger partial charge in [0.05, 0.1) is 0 Å². The molecule has 10 heavy (non-hydrogen) atoms. The van der Waals surface area contributed by atoms with E-state index in [1.165, 1.54) is 11.7 Å². The summed E-state index contributed by atoms with van der Waals surface area (Å²) in [6, 6.07) is 10.8. The van der Waals surface area contributed by atoms with Gasteiger partial charge in [-0.1, -0.05) is 49.0 Å². The Bertz CT molecular complexity index is 169. The lowest BCUT2D eigenvalue weighted by molar-refractivity contribution is 1.08. The summed E-state index contributed by atoms with van der Waals surface area (Å²) >= 11 is 0.547. The van der Waals surface area contributed by atoms with Crippen LogP contribution in [0.3, 0.4) is 0 Å². The van der Waals surface area contributed by atoms with Crippen LogP contribution in [0, 0.1) is 0 Å². The molecule has 0 spiro atoms. The van der Waals surface area contributed by atoms with Gasteiger partial charge < -0.3 is 0 Å². The first-order valence-corrected chi connectivity index (χ1v) is 5.21. The summed E-state index contributed by atoms with van der Waals surface area (Å²) in [7, 11) is 0. The van der Waals surface area contributed by atoms with Crippen molar-refractivity contribution in [3.8, 4) is 0 Å². The molecule has 0 fully saturated rings. The van der Waals surface area contributed by atoms with Crippen molar-refractivity contribution >= 4 is 19.6 Å². The molecule has 0 heterocycles. The molecule has 0 unspecified atom stereocenters. The van der Waals surface area contributed by atoms with Gasteiger partial charge in [0.15, 0.2) is 0 Å². The summed E-state index contributed by atoms with van der Waals surface area (Å²) in [6.07, 6.45) is 1.32. The zero-order valence-electron chi connectivity index (χ0n) is 6.38. The second kappa shape index (κ2) is 4.55. The summed E-state index contributed by atoms with van der Waals surface area (Å²) in [4.78, 5) is 0. The molecule has 0 nitrogen and oxygen atoms in total. The molecule has 1 aromatic rings. The fourth-order valence-electron chi connectivity index (χ4n) is 0.900. The highest BCUT2D eigenvalue weighted by Gasteiger charge is 1.91. The maximum absolute atomic E-state index is 2.25. The van der Waals surface area contributed by atoms with Crippen molar-refractivity contribution in [2.75, 3.05) is 0 Å². The van der Waals surface area contributed by atoms with E-state index in [-0.39, 0.29) is 0 Å². The predicted octanol–water partition coefficient (Wildman–Crippen LogP) is 1.84. The van der Waals surface area contributed by atoms with Gasteiger partial charge in [0.1, 0.15) is 0 Å². The maximum atomic E-state index is 2.25. The largest absolute Gasteiger partial charge is 0.250 e. The molecule has 0 amide bonds. The highest BCUT2D eigenvalue weighted by atomic mass is 27.1. The van der Waals surface area contributed by atoms with Crippen molar-refractivity contribution in [1.29, 1.82) is 0 Å². The van der Waals surface area contributed by atoms with Crippen LogP contribution in [0.2, 0.25) is 5.28 Å². The molecule has 51 valence electrons. The molecule has 1 heteroatoms. The summed E-state index contributed by atoms with van der Waals surface area (Å²) in [5.74, 6) is 0. The minimum atomic E-state index is 0.547. The Labute approximate surface area is 69.0 Å². The highest BCUT2D eigenvalue weighted by molar-refractivity contribution is 6.53. The van der Waals surface area contributed by atoms with Gasteiger partial charge in [-0.15, -0.1) is 4.43 Å². The van der Waals surface area contributed by atoms with Gasteiger partial charge in [0.2, 0.25) is 15.2 Å². The monoisotopic (exact) mass is 147 g/mol. The molecule has 0 saturated carbocycles. The quantitative estimate of drug-likeness (QED) is 0.572. The summed E-state index contributed by atoms with van der Waals surface area (Å²) in [5.41, 5.74) is 0. The Morgan fingerprint density at radius 1 is 1.20 bits per heavy atom. The Kier molecular flexibility index (Phi) is 3.57. The fourth-order valence-corrected chi connectivity index (χ4v) is 2.02. The van der Waals surface area contributed by atoms with Gasteiger partial charge >= 0.3 is 0 Å². The van der Waals surface area contributed by atoms with Crippen LogP contribution in [0.5, 0.6) is 0 Å². The van der Waals surface area contributed by atoms with Gasteiger partial charge in [-0.05, 0) is 0 Å². The molecule has 0 aliphatic heterocycles. The zero-order chi connectivity index (χ0) is 7.23. The lowest BCUT2D eigenvalue weighted by Gasteiger charge is -1.94. The first-order chi connectivity index (χ1) is 4.93. The van der Waals surface area contributed by atoms with Crippen molar-refractivity contribution in [2.45, 2.75) is 18.6 Å². The van der Waals surface area contributed by atoms with Crippen LogP contribution in [-0.4, -0.2) is 15.2 Å². The van der Waals surface area contributed by atoms with Crippen LogP contribution < -0.4 is 4.43 Å². The van der Waals surface area contributed by atoms with E-state index in [0.29, 0.717) is 15.2 Å². The molecule has 0 saturated heterocycles. The minimum absolute atomic E-state index is 0.547. The molecule has 0 bridgehead atoms. The van der Waals surface area contributed by atoms with E-state index in [9.17, 15) is 0 Å². The smallest absolute Gasteiger partial charge is 0.124 e. The van der Waals surface area contributed by atoms with Crippen molar-refractivity contribution in [2.24, 2.45) is 0 Å². The molecular weight excluding hydrogens is 135 g/mol. The standard InChI is InChI=1S/C6H5.C3H7.Al/c1-2-4-6-5-3-1;1-3-2;/h1-5H;1,3H2,2H3;. The minimum Gasteiger partial charge on any atom is -0.124 e. The molecule has 0 N–H and O–H groups in total. The second-order valence-corrected chi connectivity index (χ2v) is 4.06. The van der Waals surface area contributed by atoms with Crippen molar-refractivity contribution in [3.05, 3.63) is 30.3 Å². The Morgan fingerprint density at radius 2 is 1.90 bits per heavy atom. The average Bonchev–Trinajstić information content (AvgIpc) is 2.03. The molecule has 0 aromatic heterocycles. The first kappa shape index (κ1) is 7.86. The lowest BCUT2D eigenvalue weighted by atomic mass is 10.4. The molecule has 1 aromatic carbocycles. The predicted molar refractivity (Wildman–Crippen MR) is 46.9 cm³/mol. The third kappa shape index (κ3) is 2.56. The molecule has 0 aliphatic carbocycles. The van der Waals surface area contributed by atoms with Gasteiger partial charge in [-0.25, -0.2) is 0 Å². The van der Waals surface area contributed by atoms with Crippen molar-refractivity contribution < 1.29 is 0 Å². The van der Waals surface area contributed by atoms with E-state index < -0.39 is 0 Å². The number of benzene rings is 1. The van der Waals surface area contributed by atoms with Crippen molar-refractivity contribution in [3.63, 3.8) is 0 Å². The van der Waals surface area contributed by atoms with Crippen LogP contribution in [-0.2, 0) is 0 Å². The van der Waals surface area contributed by atoms with E-state index in [1.54, 1.807) is 4.43 Å². The van der Waals surface area contributed by atoms with Crippen LogP contribution in [0.4, 0.5) is 0 Å². The average molecular weight is 147 g/mol. The van der Waals surface area contributed by atoms with E-state index in [2.05, 4.69) is 37.3 Å². The SMILES string of the molecule is CC[CH2][Al][c]1ccccc1. The van der Waals surface area contributed by atoms with E-state index in [4.69, 9.17) is 0 Å². The zero-order valence-corrected chi connectivity index (χ0v) is 7.53.